The van der Waals surface area contributed by atoms with Crippen LogP contribution in [0.3, 0.4) is 0 Å². The summed E-state index contributed by atoms with van der Waals surface area (Å²) in [6, 6.07) is 29.6. The highest BCUT2D eigenvalue weighted by molar-refractivity contribution is 6.03. The molecule has 6 aromatic carbocycles. The van der Waals surface area contributed by atoms with Crippen LogP contribution in [0.15, 0.2) is 72.8 Å². The molecule has 0 N–H and O–H groups in total. The second-order valence-corrected chi connectivity index (χ2v) is 14.5. The lowest BCUT2D eigenvalue weighted by Crippen LogP contribution is -2.15. The molecule has 0 aromatic heterocycles. The van der Waals surface area contributed by atoms with Crippen LogP contribution < -0.4 is 0 Å². The van der Waals surface area contributed by atoms with Gasteiger partial charge in [-0.05, 0) is 174 Å². The summed E-state index contributed by atoms with van der Waals surface area (Å²) < 4.78 is 0. The number of fused-ring (bicyclic) bond motifs is 3. The highest BCUT2D eigenvalue weighted by Crippen LogP contribution is 2.53. The third-order valence-electron chi connectivity index (χ3n) is 12.2. The van der Waals surface area contributed by atoms with Crippen molar-refractivity contribution in [1.82, 2.24) is 0 Å². The number of hydrogen-bond acceptors (Lipinski definition) is 0. The number of benzene rings is 6. The van der Waals surface area contributed by atoms with E-state index in [2.05, 4.69) is 86.6 Å². The third-order valence-corrected chi connectivity index (χ3v) is 12.2. The van der Waals surface area contributed by atoms with Crippen molar-refractivity contribution in [2.75, 3.05) is 0 Å². The Hall–Kier alpha value is -4.16. The summed E-state index contributed by atoms with van der Waals surface area (Å²) in [6.07, 6.45) is 9.51. The fraction of sp³-hybridized carbons (Fsp3) is 0.256. The molecule has 5 aliphatic rings. The molecule has 0 nitrogen and oxygen atoms in total. The molecule has 6 aromatic rings. The third kappa shape index (κ3) is 2.80. The van der Waals surface area contributed by atoms with E-state index in [1.807, 2.05) is 0 Å². The van der Waals surface area contributed by atoms with Gasteiger partial charge in [-0.1, -0.05) is 74.5 Å². The van der Waals surface area contributed by atoms with Gasteiger partial charge >= 0.3 is 0 Å². The van der Waals surface area contributed by atoms with Crippen LogP contribution in [-0.2, 0) is 56.8 Å². The molecule has 0 amide bonds. The zero-order valence-electron chi connectivity index (χ0n) is 25.1. The standard InChI is InChI=1S/C43H34/c1-43(2)37-21-27(35-19-29-9-7-23-3-5-25-11-17-33(35)41(25)39(23)29)13-15-31(37)32-16-14-28(22-38(32)43)36-20-30-10-8-24-4-6-26-12-18-34(36)42(26)40(24)30/h3-6,13-16,19-22H,7-12,17-18H2,1-2H3. The average molecular weight is 551 g/mol. The minimum atomic E-state index is -0.0324. The summed E-state index contributed by atoms with van der Waals surface area (Å²) in [7, 11) is 0. The first kappa shape index (κ1) is 23.3. The fourth-order valence-corrected chi connectivity index (χ4v) is 10.1. The smallest absolute Gasteiger partial charge is 0.0159 e. The van der Waals surface area contributed by atoms with Gasteiger partial charge in [0.15, 0.2) is 0 Å². The van der Waals surface area contributed by atoms with E-state index in [1.165, 1.54) is 95.9 Å². The van der Waals surface area contributed by atoms with E-state index in [0.717, 1.165) is 0 Å². The molecule has 206 valence electrons. The lowest BCUT2D eigenvalue weighted by atomic mass is 9.80. The van der Waals surface area contributed by atoms with Crippen LogP contribution in [0.25, 0.3) is 54.9 Å². The van der Waals surface area contributed by atoms with Gasteiger partial charge in [-0.2, -0.15) is 0 Å². The zero-order chi connectivity index (χ0) is 28.2. The molecule has 11 rings (SSSR count). The second-order valence-electron chi connectivity index (χ2n) is 14.5. The Kier molecular flexibility index (Phi) is 4.16. The molecule has 0 unspecified atom stereocenters. The Morgan fingerprint density at radius 2 is 0.767 bits per heavy atom. The Bertz CT molecular complexity index is 2140. The van der Waals surface area contributed by atoms with E-state index in [9.17, 15) is 0 Å². The highest BCUT2D eigenvalue weighted by atomic mass is 14.4. The molecular formula is C43H34. The Morgan fingerprint density at radius 1 is 0.372 bits per heavy atom. The van der Waals surface area contributed by atoms with Gasteiger partial charge in [-0.15, -0.1) is 0 Å². The van der Waals surface area contributed by atoms with Gasteiger partial charge in [0.25, 0.3) is 0 Å². The molecular weight excluding hydrogens is 516 g/mol. The van der Waals surface area contributed by atoms with Crippen LogP contribution in [0.1, 0.15) is 69.5 Å². The van der Waals surface area contributed by atoms with Crippen LogP contribution in [0.2, 0.25) is 0 Å². The topological polar surface area (TPSA) is 0 Å². The van der Waals surface area contributed by atoms with Gasteiger partial charge in [0, 0.05) is 5.41 Å². The SMILES string of the molecule is CC1(C)c2cc(-c3cc4c5c(ccc6c5c3CC6)CC4)ccc2-c2ccc(-c3cc4c5c(ccc6c5c3CC6)CC4)cc21. The monoisotopic (exact) mass is 550 g/mol. The molecule has 0 fully saturated rings. The van der Waals surface area contributed by atoms with Crippen molar-refractivity contribution in [1.29, 1.82) is 0 Å². The molecule has 0 saturated carbocycles. The highest BCUT2D eigenvalue weighted by Gasteiger charge is 2.37. The van der Waals surface area contributed by atoms with Crippen LogP contribution in [0, 0.1) is 0 Å². The van der Waals surface area contributed by atoms with Crippen LogP contribution in [0.4, 0.5) is 0 Å². The van der Waals surface area contributed by atoms with Gasteiger partial charge in [0.1, 0.15) is 0 Å². The maximum absolute atomic E-state index is 2.56. The van der Waals surface area contributed by atoms with Crippen molar-refractivity contribution in [3.05, 3.63) is 128 Å². The lowest BCUT2D eigenvalue weighted by molar-refractivity contribution is 0.661. The Balaban J connectivity index is 1.06. The summed E-state index contributed by atoms with van der Waals surface area (Å²) in [6.45, 7) is 4.91. The van der Waals surface area contributed by atoms with E-state index in [4.69, 9.17) is 0 Å². The minimum absolute atomic E-state index is 0.0324. The first-order valence-electron chi connectivity index (χ1n) is 16.5. The summed E-state index contributed by atoms with van der Waals surface area (Å²) in [4.78, 5) is 0. The van der Waals surface area contributed by atoms with Crippen molar-refractivity contribution in [3.63, 3.8) is 0 Å². The number of aryl methyl sites for hydroxylation is 8. The van der Waals surface area contributed by atoms with Crippen molar-refractivity contribution >= 4 is 21.5 Å². The van der Waals surface area contributed by atoms with Crippen LogP contribution in [0.5, 0.6) is 0 Å². The van der Waals surface area contributed by atoms with Gasteiger partial charge in [-0.3, -0.25) is 0 Å². The molecule has 0 saturated heterocycles. The normalized spacial score (nSPS) is 17.4. The Labute approximate surface area is 253 Å². The number of hydrogen-bond donors (Lipinski definition) is 0. The van der Waals surface area contributed by atoms with Gasteiger partial charge in [0.2, 0.25) is 0 Å². The van der Waals surface area contributed by atoms with E-state index in [0.29, 0.717) is 0 Å². The number of rotatable bonds is 2. The average Bonchev–Trinajstić information content (AvgIpc) is 3.84. The van der Waals surface area contributed by atoms with Gasteiger partial charge in [-0.25, -0.2) is 0 Å². The molecule has 0 spiro atoms. The summed E-state index contributed by atoms with van der Waals surface area (Å²) >= 11 is 0. The zero-order valence-corrected chi connectivity index (χ0v) is 25.1. The maximum Gasteiger partial charge on any atom is 0.0159 e. The quantitative estimate of drug-likeness (QED) is 0.201. The van der Waals surface area contributed by atoms with E-state index in [-0.39, 0.29) is 5.41 Å². The molecule has 0 atom stereocenters. The van der Waals surface area contributed by atoms with Crippen molar-refractivity contribution in [3.8, 4) is 33.4 Å². The van der Waals surface area contributed by atoms with E-state index >= 15 is 0 Å². The first-order valence-corrected chi connectivity index (χ1v) is 16.5. The van der Waals surface area contributed by atoms with Gasteiger partial charge in [0.05, 0.1) is 0 Å². The second kappa shape index (κ2) is 7.67. The van der Waals surface area contributed by atoms with Crippen molar-refractivity contribution in [2.24, 2.45) is 0 Å². The summed E-state index contributed by atoms with van der Waals surface area (Å²) in [5.74, 6) is 0. The minimum Gasteiger partial charge on any atom is -0.0581 e. The van der Waals surface area contributed by atoms with Crippen LogP contribution >= 0.6 is 0 Å². The van der Waals surface area contributed by atoms with Crippen molar-refractivity contribution in [2.45, 2.75) is 70.6 Å². The maximum atomic E-state index is 2.56. The summed E-state index contributed by atoms with van der Waals surface area (Å²) in [5.41, 5.74) is 24.2. The largest absolute Gasteiger partial charge is 0.0581 e. The van der Waals surface area contributed by atoms with Gasteiger partial charge < -0.3 is 0 Å². The molecule has 5 aliphatic carbocycles. The molecule has 0 radical (unpaired) electrons. The lowest BCUT2D eigenvalue weighted by Gasteiger charge is -2.23. The Morgan fingerprint density at radius 3 is 1.23 bits per heavy atom. The molecule has 0 heterocycles. The summed E-state index contributed by atoms with van der Waals surface area (Å²) in [5, 5.41) is 6.37. The molecule has 0 heteroatoms. The molecule has 43 heavy (non-hydrogen) atoms. The first-order chi connectivity index (χ1) is 21.0. The fourth-order valence-electron chi connectivity index (χ4n) is 10.1. The van der Waals surface area contributed by atoms with Crippen LogP contribution in [-0.4, -0.2) is 0 Å². The van der Waals surface area contributed by atoms with E-state index < -0.39 is 0 Å². The van der Waals surface area contributed by atoms with E-state index in [1.54, 1.807) is 66.1 Å². The van der Waals surface area contributed by atoms with Crippen molar-refractivity contribution < 1.29 is 0 Å². The predicted molar refractivity (Wildman–Crippen MR) is 180 cm³/mol. The predicted octanol–water partition coefficient (Wildman–Crippen LogP) is 10.0. The molecule has 0 bridgehead atoms. The molecule has 0 aliphatic heterocycles.